The van der Waals surface area contributed by atoms with E-state index in [2.05, 4.69) is 5.32 Å². The lowest BCUT2D eigenvalue weighted by Crippen LogP contribution is -2.48. The Morgan fingerprint density at radius 2 is 2.00 bits per heavy atom. The van der Waals surface area contributed by atoms with Crippen molar-refractivity contribution in [2.24, 2.45) is 0 Å². The van der Waals surface area contributed by atoms with Crippen LogP contribution in [0.2, 0.25) is 0 Å². The van der Waals surface area contributed by atoms with E-state index in [-0.39, 0.29) is 30.6 Å². The standard InChI is InChI=1S/C13H21N3O5/c1-8(17)14-9-3-4-15(6-9)13(20)16-7-10(21-2)5-11(16)12(18)19/h9-11H,3-7H2,1-2H3,(H,14,17)(H,18,19). The van der Waals surface area contributed by atoms with E-state index in [1.807, 2.05) is 0 Å². The summed E-state index contributed by atoms with van der Waals surface area (Å²) in [5.74, 6) is -1.14. The first-order chi connectivity index (χ1) is 9.92. The van der Waals surface area contributed by atoms with Crippen LogP contribution >= 0.6 is 0 Å². The topological polar surface area (TPSA) is 99.2 Å². The van der Waals surface area contributed by atoms with Crippen molar-refractivity contribution in [3.63, 3.8) is 0 Å². The molecule has 0 aliphatic carbocycles. The molecule has 2 aliphatic rings. The van der Waals surface area contributed by atoms with Gasteiger partial charge in [0.05, 0.1) is 6.10 Å². The number of nitrogens with zero attached hydrogens (tertiary/aromatic N) is 2. The summed E-state index contributed by atoms with van der Waals surface area (Å²) in [6, 6.07) is -1.20. The van der Waals surface area contributed by atoms with Crippen molar-refractivity contribution in [1.82, 2.24) is 15.1 Å². The fourth-order valence-electron chi connectivity index (χ4n) is 2.93. The highest BCUT2D eigenvalue weighted by atomic mass is 16.5. The molecule has 2 heterocycles. The molecular weight excluding hydrogens is 278 g/mol. The average Bonchev–Trinajstić information content (AvgIpc) is 3.03. The fourth-order valence-corrected chi connectivity index (χ4v) is 2.93. The van der Waals surface area contributed by atoms with Crippen LogP contribution in [-0.2, 0) is 14.3 Å². The number of aliphatic carboxylic acids is 1. The van der Waals surface area contributed by atoms with Crippen molar-refractivity contribution < 1.29 is 24.2 Å². The zero-order chi connectivity index (χ0) is 15.6. The minimum atomic E-state index is -1.01. The lowest BCUT2D eigenvalue weighted by molar-refractivity contribution is -0.141. The average molecular weight is 299 g/mol. The van der Waals surface area contributed by atoms with Crippen molar-refractivity contribution in [2.45, 2.75) is 38.0 Å². The summed E-state index contributed by atoms with van der Waals surface area (Å²) in [6.07, 6.45) is 0.745. The van der Waals surface area contributed by atoms with E-state index in [1.165, 1.54) is 18.9 Å². The van der Waals surface area contributed by atoms with E-state index in [1.54, 1.807) is 4.90 Å². The molecule has 3 amide bonds. The number of hydrogen-bond donors (Lipinski definition) is 2. The molecule has 2 rings (SSSR count). The number of carbonyl (C=O) groups excluding carboxylic acids is 2. The number of nitrogens with one attached hydrogen (secondary N) is 1. The van der Waals surface area contributed by atoms with Crippen LogP contribution in [0.15, 0.2) is 0 Å². The second kappa shape index (κ2) is 6.30. The maximum Gasteiger partial charge on any atom is 0.326 e. The Morgan fingerprint density at radius 1 is 1.29 bits per heavy atom. The van der Waals surface area contributed by atoms with Crippen molar-refractivity contribution in [3.05, 3.63) is 0 Å². The van der Waals surface area contributed by atoms with Crippen molar-refractivity contribution in [3.8, 4) is 0 Å². The van der Waals surface area contributed by atoms with E-state index in [0.29, 0.717) is 25.9 Å². The number of rotatable bonds is 3. The van der Waals surface area contributed by atoms with Gasteiger partial charge in [-0.3, -0.25) is 4.79 Å². The van der Waals surface area contributed by atoms with E-state index >= 15 is 0 Å². The molecule has 2 N–H and O–H groups in total. The molecule has 0 aromatic heterocycles. The number of amides is 3. The first kappa shape index (κ1) is 15.6. The monoisotopic (exact) mass is 299 g/mol. The minimum Gasteiger partial charge on any atom is -0.480 e. The number of urea groups is 1. The number of ether oxygens (including phenoxy) is 1. The summed E-state index contributed by atoms with van der Waals surface area (Å²) in [6.45, 7) is 2.66. The molecule has 8 nitrogen and oxygen atoms in total. The Hall–Kier alpha value is -1.83. The van der Waals surface area contributed by atoms with E-state index < -0.39 is 12.0 Å². The Kier molecular flexibility index (Phi) is 4.66. The summed E-state index contributed by atoms with van der Waals surface area (Å²) < 4.78 is 5.18. The SMILES string of the molecule is COC1CC(C(=O)O)N(C(=O)N2CCC(NC(C)=O)C2)C1. The van der Waals surface area contributed by atoms with Gasteiger partial charge >= 0.3 is 12.0 Å². The van der Waals surface area contributed by atoms with E-state index in [0.717, 1.165) is 0 Å². The maximum absolute atomic E-state index is 12.5. The van der Waals surface area contributed by atoms with Gasteiger partial charge in [0.2, 0.25) is 5.91 Å². The zero-order valence-corrected chi connectivity index (χ0v) is 12.2. The molecule has 0 bridgehead atoms. The second-order valence-corrected chi connectivity index (χ2v) is 5.51. The van der Waals surface area contributed by atoms with Crippen molar-refractivity contribution in [1.29, 1.82) is 0 Å². The first-order valence-corrected chi connectivity index (χ1v) is 7.00. The highest BCUT2D eigenvalue weighted by molar-refractivity contribution is 5.84. The molecule has 21 heavy (non-hydrogen) atoms. The maximum atomic E-state index is 12.5. The van der Waals surface area contributed by atoms with Crippen molar-refractivity contribution in [2.75, 3.05) is 26.7 Å². The zero-order valence-electron chi connectivity index (χ0n) is 12.2. The highest BCUT2D eigenvalue weighted by Crippen LogP contribution is 2.23. The smallest absolute Gasteiger partial charge is 0.326 e. The largest absolute Gasteiger partial charge is 0.480 e. The summed E-state index contributed by atoms with van der Waals surface area (Å²) in [4.78, 5) is 37.7. The molecular formula is C13H21N3O5. The molecule has 2 fully saturated rings. The molecule has 0 radical (unpaired) electrons. The Bertz CT molecular complexity index is 442. The van der Waals surface area contributed by atoms with Gasteiger partial charge in [-0.25, -0.2) is 9.59 Å². The Labute approximate surface area is 123 Å². The van der Waals surface area contributed by atoms with Crippen LogP contribution in [0.25, 0.3) is 0 Å². The first-order valence-electron chi connectivity index (χ1n) is 7.00. The van der Waals surface area contributed by atoms with Gasteiger partial charge in [0, 0.05) is 46.1 Å². The number of methoxy groups -OCH3 is 1. The van der Waals surface area contributed by atoms with Crippen LogP contribution in [0.5, 0.6) is 0 Å². The van der Waals surface area contributed by atoms with Gasteiger partial charge in [-0.05, 0) is 6.42 Å². The molecule has 2 saturated heterocycles. The van der Waals surface area contributed by atoms with E-state index in [9.17, 15) is 19.5 Å². The van der Waals surface area contributed by atoms with Crippen LogP contribution in [0, 0.1) is 0 Å². The summed E-state index contributed by atoms with van der Waals surface area (Å²) >= 11 is 0. The summed E-state index contributed by atoms with van der Waals surface area (Å²) in [5.41, 5.74) is 0. The van der Waals surface area contributed by atoms with Gasteiger partial charge in [0.25, 0.3) is 0 Å². The third-order valence-corrected chi connectivity index (χ3v) is 3.99. The van der Waals surface area contributed by atoms with Gasteiger partial charge in [-0.2, -0.15) is 0 Å². The molecule has 2 aliphatic heterocycles. The van der Waals surface area contributed by atoms with Gasteiger partial charge < -0.3 is 25.0 Å². The Balaban J connectivity index is 1.99. The van der Waals surface area contributed by atoms with Crippen LogP contribution in [0.1, 0.15) is 19.8 Å². The molecule has 3 atom stereocenters. The third kappa shape index (κ3) is 3.44. The van der Waals surface area contributed by atoms with Crippen LogP contribution in [0.4, 0.5) is 4.79 Å². The van der Waals surface area contributed by atoms with Crippen LogP contribution < -0.4 is 5.32 Å². The van der Waals surface area contributed by atoms with Gasteiger partial charge in [0.1, 0.15) is 6.04 Å². The number of carboxylic acid groups (broad SMARTS) is 1. The molecule has 0 aromatic carbocycles. The predicted molar refractivity (Wildman–Crippen MR) is 72.7 cm³/mol. The lowest BCUT2D eigenvalue weighted by atomic mass is 10.2. The van der Waals surface area contributed by atoms with Gasteiger partial charge in [-0.15, -0.1) is 0 Å². The lowest BCUT2D eigenvalue weighted by Gasteiger charge is -2.27. The van der Waals surface area contributed by atoms with Crippen LogP contribution in [0.3, 0.4) is 0 Å². The molecule has 8 heteroatoms. The second-order valence-electron chi connectivity index (χ2n) is 5.51. The van der Waals surface area contributed by atoms with Gasteiger partial charge in [-0.1, -0.05) is 0 Å². The fraction of sp³-hybridized carbons (Fsp3) is 0.769. The van der Waals surface area contributed by atoms with E-state index in [4.69, 9.17) is 4.74 Å². The minimum absolute atomic E-state index is 0.0597. The third-order valence-electron chi connectivity index (χ3n) is 3.99. The number of carboxylic acids is 1. The summed E-state index contributed by atoms with van der Waals surface area (Å²) in [5, 5.41) is 12.0. The number of hydrogen-bond acceptors (Lipinski definition) is 4. The van der Waals surface area contributed by atoms with Gasteiger partial charge in [0.15, 0.2) is 0 Å². The van der Waals surface area contributed by atoms with Crippen LogP contribution in [-0.4, -0.2) is 77.7 Å². The normalized spacial score (nSPS) is 28.8. The molecule has 0 spiro atoms. The highest BCUT2D eigenvalue weighted by Gasteiger charge is 2.42. The predicted octanol–water partition coefficient (Wildman–Crippen LogP) is -0.509. The molecule has 0 saturated carbocycles. The molecule has 3 unspecified atom stereocenters. The summed E-state index contributed by atoms with van der Waals surface area (Å²) in [7, 11) is 1.51. The molecule has 0 aromatic rings. The number of carbonyl (C=O) groups is 3. The number of likely N-dealkylation sites (tertiary alicyclic amines) is 2. The Morgan fingerprint density at radius 3 is 2.57 bits per heavy atom. The molecule has 118 valence electrons. The quantitative estimate of drug-likeness (QED) is 0.731. The van der Waals surface area contributed by atoms with Crippen molar-refractivity contribution >= 4 is 17.9 Å².